The first-order valence-electron chi connectivity index (χ1n) is 6.29. The van der Waals surface area contributed by atoms with Crippen molar-refractivity contribution in [1.29, 1.82) is 0 Å². The Kier molecular flexibility index (Phi) is 4.11. The minimum Gasteiger partial charge on any atom is -0.341 e. The van der Waals surface area contributed by atoms with Crippen molar-refractivity contribution in [2.45, 2.75) is 23.6 Å². The fourth-order valence-electron chi connectivity index (χ4n) is 1.76. The molecule has 2 N–H and O–H groups in total. The highest BCUT2D eigenvalue weighted by Crippen LogP contribution is 2.28. The van der Waals surface area contributed by atoms with Crippen LogP contribution in [-0.2, 0) is 4.79 Å². The quantitative estimate of drug-likeness (QED) is 0.553. The summed E-state index contributed by atoms with van der Waals surface area (Å²) in [7, 11) is 0. The van der Waals surface area contributed by atoms with Gasteiger partial charge in [0, 0.05) is 11.6 Å². The summed E-state index contributed by atoms with van der Waals surface area (Å²) in [5.41, 5.74) is 1.35. The maximum atomic E-state index is 12.3. The molecular formula is C12H12N6OS2. The molecule has 0 aliphatic rings. The topological polar surface area (TPSA) is 96.5 Å². The van der Waals surface area contributed by atoms with E-state index < -0.39 is 0 Å². The maximum absolute atomic E-state index is 12.3. The summed E-state index contributed by atoms with van der Waals surface area (Å²) in [6.45, 7) is 1.96. The summed E-state index contributed by atoms with van der Waals surface area (Å²) in [5.74, 6) is -0.0799. The standard InChI is InChI=1S/C12H12N6OS2/c1-2-7(10(19)18-12-13-3-4-20-12)21-11-8-9(15-5-14-8)16-6-17-11/h3-7H,2H2,1H3,(H,13,18,19)(H,14,15,16,17)/t7-/m1/s1. The van der Waals surface area contributed by atoms with Crippen LogP contribution in [0.2, 0.25) is 0 Å². The summed E-state index contributed by atoms with van der Waals surface area (Å²) in [6.07, 6.45) is 5.37. The van der Waals surface area contributed by atoms with Crippen molar-refractivity contribution in [2.75, 3.05) is 5.32 Å². The molecule has 7 nitrogen and oxygen atoms in total. The molecule has 3 heterocycles. The second-order valence-electron chi connectivity index (χ2n) is 4.12. The van der Waals surface area contributed by atoms with Crippen LogP contribution in [0.3, 0.4) is 0 Å². The lowest BCUT2D eigenvalue weighted by Gasteiger charge is -2.12. The van der Waals surface area contributed by atoms with Crippen molar-refractivity contribution < 1.29 is 4.79 Å². The molecule has 108 valence electrons. The van der Waals surface area contributed by atoms with Crippen LogP contribution in [0.1, 0.15) is 13.3 Å². The Balaban J connectivity index is 1.77. The Morgan fingerprint density at radius 2 is 2.33 bits per heavy atom. The molecule has 0 saturated heterocycles. The first-order chi connectivity index (χ1) is 10.3. The highest BCUT2D eigenvalue weighted by atomic mass is 32.2. The van der Waals surface area contributed by atoms with E-state index in [-0.39, 0.29) is 11.2 Å². The van der Waals surface area contributed by atoms with Crippen LogP contribution in [0.5, 0.6) is 0 Å². The SMILES string of the molecule is CC[C@@H](Sc1ncnc2nc[nH]c12)C(=O)Nc1nccs1. The number of H-pyrrole nitrogens is 1. The molecule has 0 radical (unpaired) electrons. The van der Waals surface area contributed by atoms with Crippen molar-refractivity contribution in [3.63, 3.8) is 0 Å². The molecule has 21 heavy (non-hydrogen) atoms. The molecule has 0 aliphatic heterocycles. The third kappa shape index (κ3) is 3.03. The van der Waals surface area contributed by atoms with Gasteiger partial charge >= 0.3 is 0 Å². The van der Waals surface area contributed by atoms with Gasteiger partial charge in [-0.2, -0.15) is 0 Å². The normalized spacial score (nSPS) is 12.4. The molecule has 3 aromatic heterocycles. The van der Waals surface area contributed by atoms with Crippen molar-refractivity contribution >= 4 is 45.3 Å². The van der Waals surface area contributed by atoms with Crippen LogP contribution < -0.4 is 5.32 Å². The number of fused-ring (bicyclic) bond motifs is 1. The molecule has 0 saturated carbocycles. The van der Waals surface area contributed by atoms with E-state index in [4.69, 9.17) is 0 Å². The monoisotopic (exact) mass is 320 g/mol. The lowest BCUT2D eigenvalue weighted by molar-refractivity contribution is -0.115. The number of anilines is 1. The number of nitrogens with one attached hydrogen (secondary N) is 2. The fraction of sp³-hybridized carbons (Fsp3) is 0.250. The molecule has 1 amide bonds. The first-order valence-corrected chi connectivity index (χ1v) is 8.05. The second-order valence-corrected chi connectivity index (χ2v) is 6.21. The Bertz CT molecular complexity index is 741. The Labute approximate surface area is 128 Å². The van der Waals surface area contributed by atoms with E-state index in [0.717, 1.165) is 10.5 Å². The van der Waals surface area contributed by atoms with E-state index in [1.54, 1.807) is 12.5 Å². The van der Waals surface area contributed by atoms with Gasteiger partial charge in [0.05, 0.1) is 11.6 Å². The summed E-state index contributed by atoms with van der Waals surface area (Å²) in [5, 5.41) is 5.71. The molecule has 9 heteroatoms. The number of nitrogens with zero attached hydrogens (tertiary/aromatic N) is 4. The summed E-state index contributed by atoms with van der Waals surface area (Å²) >= 11 is 2.79. The van der Waals surface area contributed by atoms with E-state index in [2.05, 4.69) is 30.2 Å². The molecule has 0 aliphatic carbocycles. The van der Waals surface area contributed by atoms with Crippen molar-refractivity contribution in [3.05, 3.63) is 24.2 Å². The number of rotatable bonds is 5. The van der Waals surface area contributed by atoms with Crippen LogP contribution in [0.4, 0.5) is 5.13 Å². The Morgan fingerprint density at radius 1 is 1.43 bits per heavy atom. The number of aromatic nitrogens is 5. The van der Waals surface area contributed by atoms with E-state index >= 15 is 0 Å². The number of carbonyl (C=O) groups excluding carboxylic acids is 1. The van der Waals surface area contributed by atoms with E-state index in [0.29, 0.717) is 17.2 Å². The molecule has 3 aromatic rings. The Morgan fingerprint density at radius 3 is 3.10 bits per heavy atom. The molecular weight excluding hydrogens is 308 g/mol. The number of hydrogen-bond donors (Lipinski definition) is 2. The highest BCUT2D eigenvalue weighted by molar-refractivity contribution is 8.00. The first kappa shape index (κ1) is 14.0. The van der Waals surface area contributed by atoms with Gasteiger partial charge in [0.25, 0.3) is 0 Å². The molecule has 1 atom stereocenters. The van der Waals surface area contributed by atoms with Crippen LogP contribution in [-0.4, -0.2) is 36.1 Å². The van der Waals surface area contributed by atoms with Crippen LogP contribution in [0, 0.1) is 0 Å². The van der Waals surface area contributed by atoms with Gasteiger partial charge in [-0.3, -0.25) is 4.79 Å². The maximum Gasteiger partial charge on any atom is 0.239 e. The zero-order valence-corrected chi connectivity index (χ0v) is 12.7. The molecule has 0 spiro atoms. The average Bonchev–Trinajstić information content (AvgIpc) is 3.15. The number of carbonyl (C=O) groups is 1. The fourth-order valence-corrected chi connectivity index (χ4v) is 3.27. The van der Waals surface area contributed by atoms with Gasteiger partial charge in [0.2, 0.25) is 5.91 Å². The lowest BCUT2D eigenvalue weighted by Crippen LogP contribution is -2.24. The van der Waals surface area contributed by atoms with E-state index in [1.165, 1.54) is 29.4 Å². The van der Waals surface area contributed by atoms with Gasteiger partial charge in [0.15, 0.2) is 10.8 Å². The number of thiazole rings is 1. The van der Waals surface area contributed by atoms with Crippen LogP contribution >= 0.6 is 23.1 Å². The largest absolute Gasteiger partial charge is 0.341 e. The number of amides is 1. The summed E-state index contributed by atoms with van der Waals surface area (Å²) < 4.78 is 0. The highest BCUT2D eigenvalue weighted by Gasteiger charge is 2.21. The van der Waals surface area contributed by atoms with Gasteiger partial charge in [-0.1, -0.05) is 18.7 Å². The number of hydrogen-bond acceptors (Lipinski definition) is 7. The third-order valence-electron chi connectivity index (χ3n) is 2.77. The zero-order valence-electron chi connectivity index (χ0n) is 11.1. The molecule has 3 rings (SSSR count). The summed E-state index contributed by atoms with van der Waals surface area (Å²) in [6, 6.07) is 0. The molecule has 0 unspecified atom stereocenters. The van der Waals surface area contributed by atoms with Crippen molar-refractivity contribution in [1.82, 2.24) is 24.9 Å². The number of thioether (sulfide) groups is 1. The van der Waals surface area contributed by atoms with E-state index in [1.807, 2.05) is 12.3 Å². The van der Waals surface area contributed by atoms with Gasteiger partial charge in [-0.15, -0.1) is 11.3 Å². The van der Waals surface area contributed by atoms with Gasteiger partial charge in [-0.25, -0.2) is 19.9 Å². The molecule has 0 fully saturated rings. The van der Waals surface area contributed by atoms with Crippen molar-refractivity contribution in [2.24, 2.45) is 0 Å². The van der Waals surface area contributed by atoms with E-state index in [9.17, 15) is 4.79 Å². The lowest BCUT2D eigenvalue weighted by atomic mass is 10.3. The van der Waals surface area contributed by atoms with Crippen molar-refractivity contribution in [3.8, 4) is 0 Å². The minimum atomic E-state index is -0.254. The second kappa shape index (κ2) is 6.19. The zero-order chi connectivity index (χ0) is 14.7. The predicted octanol–water partition coefficient (Wildman–Crippen LogP) is 2.32. The number of aromatic amines is 1. The van der Waals surface area contributed by atoms with Gasteiger partial charge < -0.3 is 10.3 Å². The molecule has 0 bridgehead atoms. The summed E-state index contributed by atoms with van der Waals surface area (Å²) in [4.78, 5) is 31.7. The van der Waals surface area contributed by atoms with Crippen LogP contribution in [0.25, 0.3) is 11.2 Å². The smallest absolute Gasteiger partial charge is 0.239 e. The predicted molar refractivity (Wildman–Crippen MR) is 82.4 cm³/mol. The minimum absolute atomic E-state index is 0.0799. The average molecular weight is 320 g/mol. The van der Waals surface area contributed by atoms with Gasteiger partial charge in [-0.05, 0) is 6.42 Å². The Hall–Kier alpha value is -2.00. The van der Waals surface area contributed by atoms with Gasteiger partial charge in [0.1, 0.15) is 16.9 Å². The third-order valence-corrected chi connectivity index (χ3v) is 4.82. The molecule has 0 aromatic carbocycles. The van der Waals surface area contributed by atoms with Crippen LogP contribution in [0.15, 0.2) is 29.3 Å². The number of imidazole rings is 1.